The number of hydrazone groups is 1. The average molecular weight is 564 g/mol. The number of carbonyl (C=O) groups is 2. The highest BCUT2D eigenvalue weighted by molar-refractivity contribution is 7.89. The molecule has 1 fully saturated rings. The number of piperidine rings is 1. The number of para-hydroxylation sites is 1. The van der Waals surface area contributed by atoms with Crippen LogP contribution in [0.25, 0.3) is 6.08 Å². The van der Waals surface area contributed by atoms with Crippen molar-refractivity contribution < 1.29 is 22.7 Å². The maximum atomic E-state index is 13.0. The van der Waals surface area contributed by atoms with Crippen molar-refractivity contribution in [3.05, 3.63) is 95.0 Å². The lowest BCUT2D eigenvalue weighted by Gasteiger charge is -2.30. The Labute approximate surface area is 232 Å². The molecule has 2 heterocycles. The van der Waals surface area contributed by atoms with Gasteiger partial charge in [0.1, 0.15) is 5.75 Å². The first-order valence-corrected chi connectivity index (χ1v) is 14.3. The molecule has 1 unspecified atom stereocenters. The normalized spacial score (nSPS) is 19.3. The highest BCUT2D eigenvalue weighted by atomic mass is 35.5. The SMILES string of the molecule is CC1=NN(c2ccccc2)C(=O)/C1=C\c1ccc(OC(=O)C2CCCN(S(=O)(=O)c3ccc(Cl)cc3)C2)cc1. The Balaban J connectivity index is 1.23. The number of nitrogens with zero attached hydrogens (tertiary/aromatic N) is 3. The van der Waals surface area contributed by atoms with Gasteiger partial charge < -0.3 is 4.74 Å². The molecule has 3 aromatic carbocycles. The second-order valence-corrected chi connectivity index (χ2v) is 11.7. The summed E-state index contributed by atoms with van der Waals surface area (Å²) in [5.74, 6) is -0.940. The van der Waals surface area contributed by atoms with Crippen LogP contribution in [-0.2, 0) is 19.6 Å². The molecule has 1 amide bonds. The van der Waals surface area contributed by atoms with Crippen molar-refractivity contribution >= 4 is 51.0 Å². The number of benzene rings is 3. The van der Waals surface area contributed by atoms with E-state index >= 15 is 0 Å². The first kappa shape index (κ1) is 26.8. The Hall–Kier alpha value is -3.79. The molecule has 8 nitrogen and oxygen atoms in total. The number of hydrogen-bond donors (Lipinski definition) is 0. The lowest BCUT2D eigenvalue weighted by Crippen LogP contribution is -2.43. The predicted molar refractivity (Wildman–Crippen MR) is 150 cm³/mol. The number of rotatable bonds is 6. The molecule has 0 N–H and O–H groups in total. The van der Waals surface area contributed by atoms with Crippen molar-refractivity contribution in [3.8, 4) is 5.75 Å². The van der Waals surface area contributed by atoms with Gasteiger partial charge in [-0.05, 0) is 79.9 Å². The fraction of sp³-hybridized carbons (Fsp3) is 0.207. The molecule has 0 spiro atoms. The number of sulfonamides is 1. The number of amides is 1. The Morgan fingerprint density at radius 1 is 1.03 bits per heavy atom. The molecule has 0 bridgehead atoms. The van der Waals surface area contributed by atoms with Crippen LogP contribution in [0.5, 0.6) is 5.75 Å². The van der Waals surface area contributed by atoms with Gasteiger partial charge >= 0.3 is 5.97 Å². The van der Waals surface area contributed by atoms with Crippen LogP contribution in [0, 0.1) is 5.92 Å². The van der Waals surface area contributed by atoms with Crippen LogP contribution >= 0.6 is 11.6 Å². The lowest BCUT2D eigenvalue weighted by molar-refractivity contribution is -0.140. The largest absolute Gasteiger partial charge is 0.426 e. The molecule has 2 aliphatic rings. The van der Waals surface area contributed by atoms with E-state index in [1.807, 2.05) is 30.3 Å². The van der Waals surface area contributed by atoms with Crippen LogP contribution in [0.3, 0.4) is 0 Å². The minimum absolute atomic E-state index is 0.0482. The van der Waals surface area contributed by atoms with E-state index in [2.05, 4.69) is 5.10 Å². The molecular weight excluding hydrogens is 538 g/mol. The maximum Gasteiger partial charge on any atom is 0.315 e. The minimum atomic E-state index is -3.75. The summed E-state index contributed by atoms with van der Waals surface area (Å²) in [5.41, 5.74) is 2.53. The number of ether oxygens (including phenoxy) is 1. The summed E-state index contributed by atoms with van der Waals surface area (Å²) in [6.45, 7) is 2.16. The summed E-state index contributed by atoms with van der Waals surface area (Å²) < 4.78 is 33.0. The van der Waals surface area contributed by atoms with Crippen LogP contribution in [0.4, 0.5) is 5.69 Å². The minimum Gasteiger partial charge on any atom is -0.426 e. The van der Waals surface area contributed by atoms with Crippen LogP contribution in [0.2, 0.25) is 5.02 Å². The molecule has 2 aliphatic heterocycles. The second kappa shape index (κ2) is 11.1. The first-order chi connectivity index (χ1) is 18.7. The quantitative estimate of drug-likeness (QED) is 0.235. The molecule has 1 atom stereocenters. The van der Waals surface area contributed by atoms with Crippen molar-refractivity contribution in [2.45, 2.75) is 24.7 Å². The molecule has 0 radical (unpaired) electrons. The van der Waals surface area contributed by atoms with Crippen LogP contribution in [0.15, 0.2) is 94.4 Å². The van der Waals surface area contributed by atoms with Crippen molar-refractivity contribution in [2.24, 2.45) is 11.0 Å². The summed E-state index contributed by atoms with van der Waals surface area (Å²) >= 11 is 5.89. The molecule has 1 saturated heterocycles. The van der Waals surface area contributed by atoms with E-state index < -0.39 is 21.9 Å². The Morgan fingerprint density at radius 2 is 1.72 bits per heavy atom. The summed E-state index contributed by atoms with van der Waals surface area (Å²) in [6.07, 6.45) is 2.83. The third kappa shape index (κ3) is 5.80. The monoisotopic (exact) mass is 563 g/mol. The number of halogens is 1. The van der Waals surface area contributed by atoms with Crippen LogP contribution < -0.4 is 9.75 Å². The van der Waals surface area contributed by atoms with Gasteiger partial charge in [0.2, 0.25) is 10.0 Å². The number of anilines is 1. The van der Waals surface area contributed by atoms with E-state index in [0.717, 1.165) is 5.56 Å². The molecule has 10 heteroatoms. The van der Waals surface area contributed by atoms with Gasteiger partial charge in [0.25, 0.3) is 5.91 Å². The molecule has 0 saturated carbocycles. The van der Waals surface area contributed by atoms with Crippen molar-refractivity contribution in [3.63, 3.8) is 0 Å². The fourth-order valence-electron chi connectivity index (χ4n) is 4.54. The van der Waals surface area contributed by atoms with E-state index in [0.29, 0.717) is 47.1 Å². The third-order valence-corrected chi connectivity index (χ3v) is 8.77. The van der Waals surface area contributed by atoms with Gasteiger partial charge in [-0.2, -0.15) is 14.4 Å². The fourth-order valence-corrected chi connectivity index (χ4v) is 6.19. The zero-order valence-electron chi connectivity index (χ0n) is 21.2. The standard InChI is InChI=1S/C29H26ClN3O5S/c1-20-27(28(34)33(31-20)24-7-3-2-4-8-24)18-21-9-13-25(14-10-21)38-29(35)22-6-5-17-32(19-22)39(36,37)26-15-11-23(30)12-16-26/h2-4,7-16,18,22H,5-6,17,19H2,1H3/b27-18-. The molecule has 39 heavy (non-hydrogen) atoms. The number of carbonyl (C=O) groups excluding carboxylic acids is 2. The van der Waals surface area contributed by atoms with E-state index in [4.69, 9.17) is 16.3 Å². The van der Waals surface area contributed by atoms with Crippen LogP contribution in [0.1, 0.15) is 25.3 Å². The first-order valence-electron chi connectivity index (χ1n) is 12.5. The van der Waals surface area contributed by atoms with Gasteiger partial charge in [-0.25, -0.2) is 8.42 Å². The van der Waals surface area contributed by atoms with E-state index in [-0.39, 0.29) is 17.3 Å². The average Bonchev–Trinajstić information content (AvgIpc) is 3.23. The Kier molecular flexibility index (Phi) is 7.65. The Bertz CT molecular complexity index is 1550. The molecule has 0 aliphatic carbocycles. The van der Waals surface area contributed by atoms with Gasteiger partial charge in [0.05, 0.1) is 27.8 Å². The number of hydrogen-bond acceptors (Lipinski definition) is 6. The summed E-state index contributed by atoms with van der Waals surface area (Å²) in [7, 11) is -3.75. The highest BCUT2D eigenvalue weighted by Gasteiger charge is 2.34. The van der Waals surface area contributed by atoms with E-state index in [1.165, 1.54) is 33.6 Å². The number of esters is 1. The van der Waals surface area contributed by atoms with Gasteiger partial charge in [-0.3, -0.25) is 9.59 Å². The van der Waals surface area contributed by atoms with E-state index in [9.17, 15) is 18.0 Å². The van der Waals surface area contributed by atoms with Gasteiger partial charge in [0, 0.05) is 18.1 Å². The van der Waals surface area contributed by atoms with Crippen LogP contribution in [-0.4, -0.2) is 43.4 Å². The maximum absolute atomic E-state index is 13.0. The summed E-state index contributed by atoms with van der Waals surface area (Å²) in [4.78, 5) is 26.0. The smallest absolute Gasteiger partial charge is 0.315 e. The molecular formula is C29H26ClN3O5S. The topological polar surface area (TPSA) is 96.3 Å². The Morgan fingerprint density at radius 3 is 2.41 bits per heavy atom. The van der Waals surface area contributed by atoms with Gasteiger partial charge in [0.15, 0.2) is 0 Å². The molecule has 5 rings (SSSR count). The third-order valence-electron chi connectivity index (χ3n) is 6.64. The van der Waals surface area contributed by atoms with Gasteiger partial charge in [-0.1, -0.05) is 41.9 Å². The highest BCUT2D eigenvalue weighted by Crippen LogP contribution is 2.28. The molecule has 0 aromatic heterocycles. The van der Waals surface area contributed by atoms with Crippen molar-refractivity contribution in [1.29, 1.82) is 0 Å². The summed E-state index contributed by atoms with van der Waals surface area (Å²) in [6, 6.07) is 22.0. The zero-order chi connectivity index (χ0) is 27.6. The predicted octanol–water partition coefficient (Wildman–Crippen LogP) is 5.15. The lowest BCUT2D eigenvalue weighted by atomic mass is 10.00. The van der Waals surface area contributed by atoms with Gasteiger partial charge in [-0.15, -0.1) is 0 Å². The van der Waals surface area contributed by atoms with Crippen molar-refractivity contribution in [1.82, 2.24) is 4.31 Å². The molecule has 3 aromatic rings. The summed E-state index contributed by atoms with van der Waals surface area (Å²) in [5, 5.41) is 6.20. The second-order valence-electron chi connectivity index (χ2n) is 9.34. The zero-order valence-corrected chi connectivity index (χ0v) is 22.7. The van der Waals surface area contributed by atoms with Crippen molar-refractivity contribution in [2.75, 3.05) is 18.1 Å². The molecule has 200 valence electrons. The van der Waals surface area contributed by atoms with E-state index in [1.54, 1.807) is 37.3 Å².